The number of aryl methyl sites for hydroxylation is 1. The highest BCUT2D eigenvalue weighted by Gasteiger charge is 2.27. The Hall–Kier alpha value is -3.36. The second kappa shape index (κ2) is 7.57. The Morgan fingerprint density at radius 1 is 1.21 bits per heavy atom. The molecule has 9 nitrogen and oxygen atoms in total. The average molecular weight is 396 g/mol. The van der Waals surface area contributed by atoms with Gasteiger partial charge in [0.2, 0.25) is 5.91 Å². The molecule has 3 heterocycles. The zero-order chi connectivity index (χ0) is 20.5. The van der Waals surface area contributed by atoms with Gasteiger partial charge in [-0.15, -0.1) is 0 Å². The predicted molar refractivity (Wildman–Crippen MR) is 109 cm³/mol. The van der Waals surface area contributed by atoms with Gasteiger partial charge in [-0.3, -0.25) is 9.36 Å². The van der Waals surface area contributed by atoms with Crippen LogP contribution in [0.3, 0.4) is 0 Å². The molecule has 0 radical (unpaired) electrons. The summed E-state index contributed by atoms with van der Waals surface area (Å²) in [6.45, 7) is 4.92. The lowest BCUT2D eigenvalue weighted by molar-refractivity contribution is -0.119. The second-order valence-corrected chi connectivity index (χ2v) is 7.05. The molecule has 1 aliphatic rings. The van der Waals surface area contributed by atoms with Gasteiger partial charge in [0.05, 0.1) is 19.9 Å². The summed E-state index contributed by atoms with van der Waals surface area (Å²) in [6, 6.07) is 5.79. The summed E-state index contributed by atoms with van der Waals surface area (Å²) in [7, 11) is 3.22. The first-order valence-corrected chi connectivity index (χ1v) is 9.46. The fourth-order valence-electron chi connectivity index (χ4n) is 3.73. The molecule has 1 aliphatic heterocycles. The van der Waals surface area contributed by atoms with Gasteiger partial charge in [-0.05, 0) is 25.5 Å². The number of aromatic nitrogens is 4. The van der Waals surface area contributed by atoms with Crippen LogP contribution >= 0.6 is 0 Å². The predicted octanol–water partition coefficient (Wildman–Crippen LogP) is 1.86. The molecule has 29 heavy (non-hydrogen) atoms. The van der Waals surface area contributed by atoms with Crippen LogP contribution in [0.1, 0.15) is 19.2 Å². The minimum atomic E-state index is -0.0152. The molecule has 0 aliphatic carbocycles. The molecule has 1 aromatic carbocycles. The molecule has 1 saturated heterocycles. The van der Waals surface area contributed by atoms with Crippen molar-refractivity contribution in [3.8, 4) is 17.2 Å². The van der Waals surface area contributed by atoms with Crippen LogP contribution in [0.25, 0.3) is 16.9 Å². The van der Waals surface area contributed by atoms with Gasteiger partial charge in [0.25, 0.3) is 0 Å². The lowest BCUT2D eigenvalue weighted by Gasteiger charge is -2.18. The number of rotatable bonds is 5. The molecule has 0 saturated carbocycles. The standard InChI is InChI=1S/C20H24N6O3/c1-12-22-19(25-8-7-14(10-25)24-13(2)27)18-20(23-12)26(11-21-18)15-5-6-16(28-3)17(9-15)29-4/h5-6,9,11,14H,7-8,10H2,1-4H3,(H,24,27)/t14-/m1/s1. The van der Waals surface area contributed by atoms with E-state index in [2.05, 4.69) is 25.2 Å². The quantitative estimate of drug-likeness (QED) is 0.703. The first-order valence-electron chi connectivity index (χ1n) is 9.46. The third-order valence-corrected chi connectivity index (χ3v) is 5.03. The topological polar surface area (TPSA) is 94.4 Å². The number of nitrogens with one attached hydrogen (secondary N) is 1. The van der Waals surface area contributed by atoms with Crippen molar-refractivity contribution in [1.29, 1.82) is 0 Å². The van der Waals surface area contributed by atoms with E-state index in [9.17, 15) is 4.79 Å². The number of hydrogen-bond acceptors (Lipinski definition) is 7. The maximum absolute atomic E-state index is 11.4. The maximum Gasteiger partial charge on any atom is 0.217 e. The van der Waals surface area contributed by atoms with E-state index in [1.165, 1.54) is 0 Å². The van der Waals surface area contributed by atoms with Crippen molar-refractivity contribution in [3.63, 3.8) is 0 Å². The van der Waals surface area contributed by atoms with Crippen LogP contribution in [-0.4, -0.2) is 58.8 Å². The largest absolute Gasteiger partial charge is 0.493 e. The zero-order valence-corrected chi connectivity index (χ0v) is 17.0. The molecular formula is C20H24N6O3. The van der Waals surface area contributed by atoms with Gasteiger partial charge in [-0.25, -0.2) is 15.0 Å². The normalized spacial score (nSPS) is 16.3. The van der Waals surface area contributed by atoms with E-state index in [4.69, 9.17) is 9.47 Å². The lowest BCUT2D eigenvalue weighted by atomic mass is 10.2. The highest BCUT2D eigenvalue weighted by Crippen LogP contribution is 2.32. The van der Waals surface area contributed by atoms with Gasteiger partial charge in [0.15, 0.2) is 28.5 Å². The number of nitrogens with zero attached hydrogens (tertiary/aromatic N) is 5. The van der Waals surface area contributed by atoms with E-state index in [1.54, 1.807) is 27.5 Å². The summed E-state index contributed by atoms with van der Waals surface area (Å²) < 4.78 is 12.7. The number of anilines is 1. The van der Waals surface area contributed by atoms with Crippen LogP contribution in [0.4, 0.5) is 5.82 Å². The van der Waals surface area contributed by atoms with Gasteiger partial charge in [0, 0.05) is 32.1 Å². The number of amides is 1. The van der Waals surface area contributed by atoms with Crippen LogP contribution in [0.5, 0.6) is 11.5 Å². The van der Waals surface area contributed by atoms with Crippen LogP contribution in [0.2, 0.25) is 0 Å². The van der Waals surface area contributed by atoms with Gasteiger partial charge in [-0.1, -0.05) is 0 Å². The summed E-state index contributed by atoms with van der Waals surface area (Å²) in [4.78, 5) is 27.4. The molecule has 2 aromatic heterocycles. The van der Waals surface area contributed by atoms with E-state index in [0.717, 1.165) is 35.6 Å². The van der Waals surface area contributed by atoms with Crippen molar-refractivity contribution in [2.45, 2.75) is 26.3 Å². The Morgan fingerprint density at radius 2 is 2.00 bits per heavy atom. The number of carbonyl (C=O) groups excluding carboxylic acids is 1. The van der Waals surface area contributed by atoms with Crippen LogP contribution in [0, 0.1) is 6.92 Å². The zero-order valence-electron chi connectivity index (χ0n) is 17.0. The molecule has 0 bridgehead atoms. The summed E-state index contributed by atoms with van der Waals surface area (Å²) in [5.41, 5.74) is 2.32. The minimum absolute atomic E-state index is 0.0152. The first kappa shape index (κ1) is 19.0. The number of benzene rings is 1. The number of hydrogen-bond donors (Lipinski definition) is 1. The molecule has 1 atom stereocenters. The number of carbonyl (C=O) groups is 1. The van der Waals surface area contributed by atoms with Crippen molar-refractivity contribution in [1.82, 2.24) is 24.8 Å². The molecule has 0 unspecified atom stereocenters. The van der Waals surface area contributed by atoms with Gasteiger partial charge < -0.3 is 19.7 Å². The number of ether oxygens (including phenoxy) is 2. The smallest absolute Gasteiger partial charge is 0.217 e. The molecular weight excluding hydrogens is 372 g/mol. The highest BCUT2D eigenvalue weighted by atomic mass is 16.5. The monoisotopic (exact) mass is 396 g/mol. The molecule has 1 N–H and O–H groups in total. The van der Waals surface area contributed by atoms with E-state index in [-0.39, 0.29) is 11.9 Å². The highest BCUT2D eigenvalue weighted by molar-refractivity contribution is 5.85. The number of fused-ring (bicyclic) bond motifs is 1. The second-order valence-electron chi connectivity index (χ2n) is 7.05. The van der Waals surface area contributed by atoms with Gasteiger partial charge >= 0.3 is 0 Å². The SMILES string of the molecule is COc1ccc(-n2cnc3c(N4CC[C@@H](NC(C)=O)C4)nc(C)nc32)cc1OC. The van der Waals surface area contributed by atoms with Gasteiger partial charge in [-0.2, -0.15) is 0 Å². The molecule has 9 heteroatoms. The van der Waals surface area contributed by atoms with E-state index < -0.39 is 0 Å². The Balaban J connectivity index is 1.74. The fourth-order valence-corrected chi connectivity index (χ4v) is 3.73. The number of methoxy groups -OCH3 is 2. The van der Waals surface area contributed by atoms with Crippen molar-refractivity contribution >= 4 is 22.9 Å². The lowest BCUT2D eigenvalue weighted by Crippen LogP contribution is -2.35. The molecule has 1 fully saturated rings. The molecule has 152 valence electrons. The van der Waals surface area contributed by atoms with E-state index >= 15 is 0 Å². The van der Waals surface area contributed by atoms with Crippen molar-refractivity contribution in [3.05, 3.63) is 30.4 Å². The molecule has 0 spiro atoms. The van der Waals surface area contributed by atoms with Crippen LogP contribution in [0.15, 0.2) is 24.5 Å². The molecule has 1 amide bonds. The maximum atomic E-state index is 11.4. The average Bonchev–Trinajstić information content (AvgIpc) is 3.33. The fraction of sp³-hybridized carbons (Fsp3) is 0.400. The minimum Gasteiger partial charge on any atom is -0.493 e. The third kappa shape index (κ3) is 3.55. The van der Waals surface area contributed by atoms with Crippen molar-refractivity contribution in [2.75, 3.05) is 32.2 Å². The van der Waals surface area contributed by atoms with E-state index in [0.29, 0.717) is 23.9 Å². The van der Waals surface area contributed by atoms with Crippen LogP contribution < -0.4 is 19.7 Å². The Kier molecular flexibility index (Phi) is 4.96. The summed E-state index contributed by atoms with van der Waals surface area (Å²) in [5, 5.41) is 2.98. The Morgan fingerprint density at radius 3 is 2.72 bits per heavy atom. The van der Waals surface area contributed by atoms with Crippen molar-refractivity contribution in [2.24, 2.45) is 0 Å². The summed E-state index contributed by atoms with van der Waals surface area (Å²) in [6.07, 6.45) is 2.62. The first-order chi connectivity index (χ1) is 14.0. The number of imidazole rings is 1. The summed E-state index contributed by atoms with van der Waals surface area (Å²) >= 11 is 0. The third-order valence-electron chi connectivity index (χ3n) is 5.03. The van der Waals surface area contributed by atoms with Crippen molar-refractivity contribution < 1.29 is 14.3 Å². The molecule has 3 aromatic rings. The summed E-state index contributed by atoms with van der Waals surface area (Å²) in [5.74, 6) is 2.74. The van der Waals surface area contributed by atoms with Crippen LogP contribution in [-0.2, 0) is 4.79 Å². The molecule has 4 rings (SSSR count). The Labute approximate surface area is 168 Å². The van der Waals surface area contributed by atoms with E-state index in [1.807, 2.05) is 29.7 Å². The van der Waals surface area contributed by atoms with Gasteiger partial charge in [0.1, 0.15) is 12.2 Å². The Bertz CT molecular complexity index is 1060.